The van der Waals surface area contributed by atoms with Gasteiger partial charge in [-0.15, -0.1) is 0 Å². The van der Waals surface area contributed by atoms with Gasteiger partial charge in [-0.25, -0.2) is 9.97 Å². The Kier molecular flexibility index (Phi) is 5.16. The first-order chi connectivity index (χ1) is 14.6. The fraction of sp³-hybridized carbons (Fsp3) is 0.333. The number of fused-ring (bicyclic) bond motifs is 1. The molecule has 2 amide bonds. The van der Waals surface area contributed by atoms with Crippen molar-refractivity contribution in [3.05, 3.63) is 47.1 Å². The van der Waals surface area contributed by atoms with E-state index in [1.165, 1.54) is 0 Å². The largest absolute Gasteiger partial charge is 0.344 e. The molecular formula is C21H20BrN5O2S. The van der Waals surface area contributed by atoms with Crippen LogP contribution in [-0.4, -0.2) is 59.4 Å². The minimum absolute atomic E-state index is 0.00654. The van der Waals surface area contributed by atoms with Gasteiger partial charge in [-0.1, -0.05) is 33.3 Å². The summed E-state index contributed by atoms with van der Waals surface area (Å²) < 4.78 is 0.920. The van der Waals surface area contributed by atoms with E-state index < -0.39 is 0 Å². The molecule has 2 aliphatic heterocycles. The maximum atomic E-state index is 13.1. The first-order valence-electron chi connectivity index (χ1n) is 9.90. The second-order valence-electron chi connectivity index (χ2n) is 7.52. The third kappa shape index (κ3) is 3.67. The van der Waals surface area contributed by atoms with Crippen LogP contribution in [0.4, 0.5) is 10.8 Å². The molecule has 0 spiro atoms. The zero-order chi connectivity index (χ0) is 20.7. The fourth-order valence-corrected chi connectivity index (χ4v) is 5.38. The van der Waals surface area contributed by atoms with Crippen molar-refractivity contribution in [2.45, 2.75) is 6.42 Å². The molecule has 7 nitrogen and oxygen atoms in total. The number of pyridine rings is 1. The van der Waals surface area contributed by atoms with E-state index >= 15 is 0 Å². The average molecular weight is 486 g/mol. The van der Waals surface area contributed by atoms with Crippen molar-refractivity contribution >= 4 is 60.2 Å². The lowest BCUT2D eigenvalue weighted by Gasteiger charge is -2.35. The lowest BCUT2D eigenvalue weighted by Crippen LogP contribution is -2.50. The Labute approximate surface area is 186 Å². The third-order valence-electron chi connectivity index (χ3n) is 5.61. The quantitative estimate of drug-likeness (QED) is 0.569. The molecule has 0 bridgehead atoms. The van der Waals surface area contributed by atoms with Crippen LogP contribution in [0.15, 0.2) is 47.1 Å². The molecule has 5 rings (SSSR count). The molecule has 2 aromatic heterocycles. The number of piperazine rings is 1. The molecule has 1 unspecified atom stereocenters. The van der Waals surface area contributed by atoms with Gasteiger partial charge in [0, 0.05) is 55.5 Å². The summed E-state index contributed by atoms with van der Waals surface area (Å²) in [6, 6.07) is 11.5. The van der Waals surface area contributed by atoms with Crippen LogP contribution in [0, 0.1) is 5.92 Å². The van der Waals surface area contributed by atoms with Crippen molar-refractivity contribution in [3.8, 4) is 0 Å². The Bertz CT molecular complexity index is 1080. The van der Waals surface area contributed by atoms with Crippen LogP contribution in [0.5, 0.6) is 0 Å². The summed E-state index contributed by atoms with van der Waals surface area (Å²) in [4.78, 5) is 41.4. The van der Waals surface area contributed by atoms with E-state index in [2.05, 4.69) is 30.8 Å². The fourth-order valence-electron chi connectivity index (χ4n) is 4.04. The standard InChI is InChI=1S/C21H20BrN5O2S/c22-15-3-1-4-16(12-15)27-13-14(11-18(27)28)20(29)25-7-9-26(10-8-25)21-24-17-5-2-6-23-19(17)30-21/h1-6,12,14H,7-11,13H2. The van der Waals surface area contributed by atoms with Crippen molar-refractivity contribution in [3.63, 3.8) is 0 Å². The summed E-state index contributed by atoms with van der Waals surface area (Å²) in [6.45, 7) is 3.20. The number of hydrogen-bond donors (Lipinski definition) is 0. The Balaban J connectivity index is 1.22. The van der Waals surface area contributed by atoms with E-state index in [0.29, 0.717) is 19.6 Å². The van der Waals surface area contributed by atoms with Gasteiger partial charge in [0.1, 0.15) is 10.3 Å². The van der Waals surface area contributed by atoms with E-state index in [1.54, 1.807) is 22.4 Å². The first-order valence-corrected chi connectivity index (χ1v) is 11.5. The molecule has 1 aromatic carbocycles. The van der Waals surface area contributed by atoms with Gasteiger partial charge >= 0.3 is 0 Å². The van der Waals surface area contributed by atoms with Gasteiger partial charge in [-0.05, 0) is 30.3 Å². The molecule has 0 N–H and O–H groups in total. The summed E-state index contributed by atoms with van der Waals surface area (Å²) in [5.41, 5.74) is 1.74. The molecule has 9 heteroatoms. The maximum Gasteiger partial charge on any atom is 0.228 e. The highest BCUT2D eigenvalue weighted by Gasteiger charge is 2.38. The second-order valence-corrected chi connectivity index (χ2v) is 9.39. The molecule has 0 saturated carbocycles. The Hall–Kier alpha value is -2.52. The van der Waals surface area contributed by atoms with Crippen molar-refractivity contribution < 1.29 is 9.59 Å². The molecule has 3 aromatic rings. The highest BCUT2D eigenvalue weighted by atomic mass is 79.9. The van der Waals surface area contributed by atoms with Gasteiger partial charge in [-0.2, -0.15) is 0 Å². The number of aromatic nitrogens is 2. The topological polar surface area (TPSA) is 69.6 Å². The van der Waals surface area contributed by atoms with Crippen LogP contribution in [0.3, 0.4) is 0 Å². The summed E-state index contributed by atoms with van der Waals surface area (Å²) in [5.74, 6) is -0.201. The van der Waals surface area contributed by atoms with Gasteiger partial charge < -0.3 is 14.7 Å². The lowest BCUT2D eigenvalue weighted by molar-refractivity contribution is -0.136. The Morgan fingerprint density at radius 2 is 1.97 bits per heavy atom. The van der Waals surface area contributed by atoms with Gasteiger partial charge in [0.25, 0.3) is 0 Å². The molecule has 2 saturated heterocycles. The Morgan fingerprint density at radius 1 is 1.13 bits per heavy atom. The highest BCUT2D eigenvalue weighted by molar-refractivity contribution is 9.10. The van der Waals surface area contributed by atoms with Crippen LogP contribution in [0.1, 0.15) is 6.42 Å². The van der Waals surface area contributed by atoms with Crippen LogP contribution >= 0.6 is 27.3 Å². The zero-order valence-corrected chi connectivity index (χ0v) is 18.6. The number of thiazole rings is 1. The van der Waals surface area contributed by atoms with Crippen molar-refractivity contribution in [1.82, 2.24) is 14.9 Å². The predicted molar refractivity (Wildman–Crippen MR) is 121 cm³/mol. The molecule has 0 aliphatic carbocycles. The smallest absolute Gasteiger partial charge is 0.228 e. The molecule has 154 valence electrons. The van der Waals surface area contributed by atoms with E-state index in [0.717, 1.165) is 38.7 Å². The van der Waals surface area contributed by atoms with E-state index in [1.807, 2.05) is 41.3 Å². The number of anilines is 2. The molecule has 1 atom stereocenters. The summed E-state index contributed by atoms with van der Waals surface area (Å²) >= 11 is 5.03. The maximum absolute atomic E-state index is 13.1. The summed E-state index contributed by atoms with van der Waals surface area (Å²) in [5, 5.41) is 0.952. The monoisotopic (exact) mass is 485 g/mol. The van der Waals surface area contributed by atoms with E-state index in [-0.39, 0.29) is 24.2 Å². The van der Waals surface area contributed by atoms with Crippen molar-refractivity contribution in [2.24, 2.45) is 5.92 Å². The number of amides is 2. The average Bonchev–Trinajstić information content (AvgIpc) is 3.37. The minimum atomic E-state index is -0.283. The predicted octanol–water partition coefficient (Wildman–Crippen LogP) is 3.16. The van der Waals surface area contributed by atoms with Gasteiger partial charge in [-0.3, -0.25) is 9.59 Å². The lowest BCUT2D eigenvalue weighted by atomic mass is 10.1. The Morgan fingerprint density at radius 3 is 2.73 bits per heavy atom. The van der Waals surface area contributed by atoms with Crippen LogP contribution in [-0.2, 0) is 9.59 Å². The molecule has 0 radical (unpaired) electrons. The molecule has 2 fully saturated rings. The van der Waals surface area contributed by atoms with Crippen molar-refractivity contribution in [1.29, 1.82) is 0 Å². The number of benzene rings is 1. The van der Waals surface area contributed by atoms with Gasteiger partial charge in [0.2, 0.25) is 11.8 Å². The summed E-state index contributed by atoms with van der Waals surface area (Å²) in [7, 11) is 0. The number of rotatable bonds is 3. The van der Waals surface area contributed by atoms with Crippen LogP contribution in [0.2, 0.25) is 0 Å². The molecule has 4 heterocycles. The third-order valence-corrected chi connectivity index (χ3v) is 7.14. The normalized spacial score (nSPS) is 19.7. The first kappa shape index (κ1) is 19.4. The number of hydrogen-bond acceptors (Lipinski definition) is 6. The van der Waals surface area contributed by atoms with Crippen molar-refractivity contribution in [2.75, 3.05) is 42.5 Å². The second kappa shape index (κ2) is 7.96. The SMILES string of the molecule is O=C(C1CC(=O)N(c2cccc(Br)c2)C1)N1CCN(c2nc3cccnc3s2)CC1. The molecule has 2 aliphatic rings. The molecular weight excluding hydrogens is 466 g/mol. The number of carbonyl (C=O) groups excluding carboxylic acids is 2. The van der Waals surface area contributed by atoms with Crippen LogP contribution < -0.4 is 9.80 Å². The number of nitrogens with zero attached hydrogens (tertiary/aromatic N) is 5. The highest BCUT2D eigenvalue weighted by Crippen LogP contribution is 2.30. The summed E-state index contributed by atoms with van der Waals surface area (Å²) in [6.07, 6.45) is 2.05. The van der Waals surface area contributed by atoms with E-state index in [4.69, 9.17) is 0 Å². The van der Waals surface area contributed by atoms with Gasteiger partial charge in [0.05, 0.1) is 5.92 Å². The number of carbonyl (C=O) groups is 2. The minimum Gasteiger partial charge on any atom is -0.344 e. The zero-order valence-electron chi connectivity index (χ0n) is 16.2. The van der Waals surface area contributed by atoms with E-state index in [9.17, 15) is 9.59 Å². The van der Waals surface area contributed by atoms with Gasteiger partial charge in [0.15, 0.2) is 5.13 Å². The number of halogens is 1. The van der Waals surface area contributed by atoms with Crippen LogP contribution in [0.25, 0.3) is 10.3 Å². The molecule has 30 heavy (non-hydrogen) atoms.